The third-order valence-corrected chi connectivity index (χ3v) is 4.58. The summed E-state index contributed by atoms with van der Waals surface area (Å²) in [5.74, 6) is -0.0723. The minimum Gasteiger partial charge on any atom is -0.444 e. The molecule has 1 saturated heterocycles. The second kappa shape index (κ2) is 7.09. The maximum atomic E-state index is 12.6. The highest BCUT2D eigenvalue weighted by Gasteiger charge is 2.45. The van der Waals surface area contributed by atoms with Gasteiger partial charge in [-0.2, -0.15) is 0 Å². The molecule has 0 atom stereocenters. The second-order valence-corrected chi connectivity index (χ2v) is 7.79. The molecule has 0 aliphatic carbocycles. The number of hydrogen-bond donors (Lipinski definition) is 1. The molecule has 1 aliphatic rings. The Morgan fingerprint density at radius 2 is 1.92 bits per heavy atom. The van der Waals surface area contributed by atoms with Gasteiger partial charge in [0, 0.05) is 20.1 Å². The minimum atomic E-state index is -0.725. The summed E-state index contributed by atoms with van der Waals surface area (Å²) in [6.07, 6.45) is 0.681. The molecule has 132 valence electrons. The Labute approximate surface area is 151 Å². The standard InChI is InChI=1S/C17H24BrN3O3/c1-16(2,3)24-15(23)21-10-8-17(9-11-21,14(22)19-4)12-6-5-7-13(18)20-12/h5-7H,8-11H2,1-4H3,(H,19,22). The Hall–Kier alpha value is -1.63. The summed E-state index contributed by atoms with van der Waals surface area (Å²) in [7, 11) is 1.63. The van der Waals surface area contributed by atoms with E-state index in [1.54, 1.807) is 11.9 Å². The van der Waals surface area contributed by atoms with Crippen molar-refractivity contribution in [2.45, 2.75) is 44.6 Å². The summed E-state index contributed by atoms with van der Waals surface area (Å²) in [6, 6.07) is 5.57. The maximum Gasteiger partial charge on any atom is 0.410 e. The van der Waals surface area contributed by atoms with Crippen molar-refractivity contribution in [2.24, 2.45) is 0 Å². The SMILES string of the molecule is CNC(=O)C1(c2cccc(Br)n2)CCN(C(=O)OC(C)(C)C)CC1. The van der Waals surface area contributed by atoms with Crippen LogP contribution in [0.15, 0.2) is 22.8 Å². The van der Waals surface area contributed by atoms with Gasteiger partial charge in [-0.25, -0.2) is 9.78 Å². The Balaban J connectivity index is 2.20. The van der Waals surface area contributed by atoms with E-state index in [-0.39, 0.29) is 12.0 Å². The number of hydrogen-bond acceptors (Lipinski definition) is 4. The molecule has 6 nitrogen and oxygen atoms in total. The van der Waals surface area contributed by atoms with E-state index in [2.05, 4.69) is 26.2 Å². The van der Waals surface area contributed by atoms with Crippen LogP contribution in [0.5, 0.6) is 0 Å². The molecule has 0 bridgehead atoms. The van der Waals surface area contributed by atoms with E-state index in [1.165, 1.54) is 0 Å². The predicted molar refractivity (Wildman–Crippen MR) is 94.7 cm³/mol. The molecule has 24 heavy (non-hydrogen) atoms. The van der Waals surface area contributed by atoms with Gasteiger partial charge in [-0.1, -0.05) is 6.07 Å². The Bertz CT molecular complexity index is 620. The first kappa shape index (κ1) is 18.7. The van der Waals surface area contributed by atoms with E-state index in [1.807, 2.05) is 39.0 Å². The first-order valence-electron chi connectivity index (χ1n) is 8.01. The van der Waals surface area contributed by atoms with Gasteiger partial charge in [-0.15, -0.1) is 0 Å². The summed E-state index contributed by atoms with van der Waals surface area (Å²) in [6.45, 7) is 6.44. The number of nitrogens with zero attached hydrogens (tertiary/aromatic N) is 2. The molecule has 1 fully saturated rings. The fourth-order valence-electron chi connectivity index (χ4n) is 2.91. The van der Waals surface area contributed by atoms with Crippen LogP contribution >= 0.6 is 15.9 Å². The van der Waals surface area contributed by atoms with Crippen molar-refractivity contribution in [3.8, 4) is 0 Å². The Kier molecular flexibility index (Phi) is 5.52. The molecule has 2 amide bonds. The van der Waals surface area contributed by atoms with Crippen LogP contribution in [0.25, 0.3) is 0 Å². The number of nitrogens with one attached hydrogen (secondary N) is 1. The lowest BCUT2D eigenvalue weighted by atomic mass is 9.74. The zero-order chi connectivity index (χ0) is 18.0. The van der Waals surface area contributed by atoms with Gasteiger partial charge in [0.05, 0.1) is 11.1 Å². The van der Waals surface area contributed by atoms with Crippen molar-refractivity contribution >= 4 is 27.9 Å². The smallest absolute Gasteiger partial charge is 0.410 e. The number of likely N-dealkylation sites (N-methyl/N-ethyl adjacent to an activating group) is 1. The van der Waals surface area contributed by atoms with Gasteiger partial charge in [-0.3, -0.25) is 4.79 Å². The van der Waals surface area contributed by atoms with Crippen molar-refractivity contribution in [1.82, 2.24) is 15.2 Å². The largest absolute Gasteiger partial charge is 0.444 e. The third-order valence-electron chi connectivity index (χ3n) is 4.14. The number of pyridine rings is 1. The van der Waals surface area contributed by atoms with E-state index in [9.17, 15) is 9.59 Å². The average molecular weight is 398 g/mol. The number of likely N-dealkylation sites (tertiary alicyclic amines) is 1. The van der Waals surface area contributed by atoms with Crippen LogP contribution in [0.2, 0.25) is 0 Å². The van der Waals surface area contributed by atoms with E-state index in [0.29, 0.717) is 30.5 Å². The molecule has 1 aliphatic heterocycles. The highest BCUT2D eigenvalue weighted by molar-refractivity contribution is 9.10. The van der Waals surface area contributed by atoms with Gasteiger partial charge in [0.25, 0.3) is 0 Å². The molecule has 1 aromatic rings. The number of carbonyl (C=O) groups excluding carboxylic acids is 2. The lowest BCUT2D eigenvalue weighted by molar-refractivity contribution is -0.128. The van der Waals surface area contributed by atoms with Crippen molar-refractivity contribution in [1.29, 1.82) is 0 Å². The number of amides is 2. The van der Waals surface area contributed by atoms with Gasteiger partial charge < -0.3 is 15.0 Å². The van der Waals surface area contributed by atoms with E-state index < -0.39 is 11.0 Å². The lowest BCUT2D eigenvalue weighted by Gasteiger charge is -2.40. The van der Waals surface area contributed by atoms with Crippen LogP contribution in [0.4, 0.5) is 4.79 Å². The molecule has 0 radical (unpaired) electrons. The minimum absolute atomic E-state index is 0.0723. The van der Waals surface area contributed by atoms with Crippen LogP contribution < -0.4 is 5.32 Å². The molecule has 0 saturated carbocycles. The monoisotopic (exact) mass is 397 g/mol. The number of halogens is 1. The molecular weight excluding hydrogens is 374 g/mol. The van der Waals surface area contributed by atoms with E-state index >= 15 is 0 Å². The zero-order valence-electron chi connectivity index (χ0n) is 14.6. The molecule has 7 heteroatoms. The molecule has 2 heterocycles. The van der Waals surface area contributed by atoms with Crippen LogP contribution in [-0.2, 0) is 14.9 Å². The van der Waals surface area contributed by atoms with Crippen molar-refractivity contribution in [2.75, 3.05) is 20.1 Å². The van der Waals surface area contributed by atoms with Crippen LogP contribution in [0, 0.1) is 0 Å². The van der Waals surface area contributed by atoms with Gasteiger partial charge in [-0.05, 0) is 61.7 Å². The first-order valence-corrected chi connectivity index (χ1v) is 8.80. The number of ether oxygens (including phenoxy) is 1. The summed E-state index contributed by atoms with van der Waals surface area (Å²) < 4.78 is 6.11. The quantitative estimate of drug-likeness (QED) is 0.778. The first-order chi connectivity index (χ1) is 11.2. The normalized spacial score (nSPS) is 17.3. The summed E-state index contributed by atoms with van der Waals surface area (Å²) >= 11 is 3.36. The van der Waals surface area contributed by atoms with Crippen molar-refractivity contribution < 1.29 is 14.3 Å². The van der Waals surface area contributed by atoms with Gasteiger partial charge in [0.15, 0.2) is 0 Å². The Morgan fingerprint density at radius 1 is 1.29 bits per heavy atom. The van der Waals surface area contributed by atoms with Crippen LogP contribution in [0.3, 0.4) is 0 Å². The average Bonchev–Trinajstić information content (AvgIpc) is 2.52. The fourth-order valence-corrected chi connectivity index (χ4v) is 3.25. The number of piperidine rings is 1. The number of rotatable bonds is 2. The van der Waals surface area contributed by atoms with Gasteiger partial charge in [0.1, 0.15) is 10.2 Å². The van der Waals surface area contributed by atoms with Gasteiger partial charge in [0.2, 0.25) is 5.91 Å². The predicted octanol–water partition coefficient (Wildman–Crippen LogP) is 2.86. The van der Waals surface area contributed by atoms with E-state index in [0.717, 1.165) is 5.69 Å². The lowest BCUT2D eigenvalue weighted by Crippen LogP contribution is -2.53. The van der Waals surface area contributed by atoms with Crippen molar-refractivity contribution in [3.05, 3.63) is 28.5 Å². The summed E-state index contributed by atoms with van der Waals surface area (Å²) in [4.78, 5) is 31.0. The van der Waals surface area contributed by atoms with Crippen molar-refractivity contribution in [3.63, 3.8) is 0 Å². The Morgan fingerprint density at radius 3 is 2.42 bits per heavy atom. The highest BCUT2D eigenvalue weighted by atomic mass is 79.9. The van der Waals surface area contributed by atoms with Gasteiger partial charge >= 0.3 is 6.09 Å². The topological polar surface area (TPSA) is 71.5 Å². The zero-order valence-corrected chi connectivity index (χ0v) is 16.1. The number of carbonyl (C=O) groups is 2. The molecule has 0 unspecified atom stereocenters. The summed E-state index contributed by atoms with van der Waals surface area (Å²) in [5.41, 5.74) is -0.532. The molecule has 0 aromatic carbocycles. The summed E-state index contributed by atoms with van der Waals surface area (Å²) in [5, 5.41) is 2.75. The van der Waals surface area contributed by atoms with Crippen LogP contribution in [0.1, 0.15) is 39.3 Å². The maximum absolute atomic E-state index is 12.6. The molecule has 2 rings (SSSR count). The number of aromatic nitrogens is 1. The molecule has 1 aromatic heterocycles. The van der Waals surface area contributed by atoms with Crippen LogP contribution in [-0.4, -0.2) is 47.6 Å². The molecular formula is C17H24BrN3O3. The van der Waals surface area contributed by atoms with E-state index in [4.69, 9.17) is 4.74 Å². The fraction of sp³-hybridized carbons (Fsp3) is 0.588. The second-order valence-electron chi connectivity index (χ2n) is 6.97. The molecule has 1 N–H and O–H groups in total. The third kappa shape index (κ3) is 4.06. The highest BCUT2D eigenvalue weighted by Crippen LogP contribution is 2.35. The molecule has 0 spiro atoms.